The van der Waals surface area contributed by atoms with Crippen LogP contribution in [0, 0.1) is 6.92 Å². The van der Waals surface area contributed by atoms with E-state index in [-0.39, 0.29) is 11.9 Å². The highest BCUT2D eigenvalue weighted by Crippen LogP contribution is 2.15. The molecule has 0 fully saturated rings. The zero-order valence-electron chi connectivity index (χ0n) is 15.6. The lowest BCUT2D eigenvalue weighted by Gasteiger charge is -2.31. The number of rotatable bonds is 5. The number of hydrogen-bond acceptors (Lipinski definition) is 2. The predicted octanol–water partition coefficient (Wildman–Crippen LogP) is 2.70. The summed E-state index contributed by atoms with van der Waals surface area (Å²) in [4.78, 5) is 14.0. The Balaban J connectivity index is 1.49. The first-order valence-corrected chi connectivity index (χ1v) is 9.50. The maximum absolute atomic E-state index is 12.6. The lowest BCUT2D eigenvalue weighted by Crippen LogP contribution is -3.12. The van der Waals surface area contributed by atoms with E-state index in [0.29, 0.717) is 12.1 Å². The number of benzene rings is 2. The fraction of sp³-hybridized carbons (Fsp3) is 0.261. The monoisotopic (exact) mass is 361 g/mol. The number of fused-ring (bicyclic) bond motifs is 1. The molecule has 0 saturated heterocycles. The van der Waals surface area contributed by atoms with Crippen LogP contribution in [0.15, 0.2) is 71.3 Å². The van der Waals surface area contributed by atoms with Crippen molar-refractivity contribution in [1.29, 1.82) is 0 Å². The van der Waals surface area contributed by atoms with E-state index in [4.69, 9.17) is 4.42 Å². The van der Waals surface area contributed by atoms with Gasteiger partial charge < -0.3 is 14.6 Å². The molecule has 1 amide bonds. The number of amides is 1. The van der Waals surface area contributed by atoms with Gasteiger partial charge in [-0.05, 0) is 36.8 Å². The number of nitrogens with one attached hydrogen (secondary N) is 2. The largest absolute Gasteiger partial charge is 0.463 e. The highest BCUT2D eigenvalue weighted by molar-refractivity contribution is 5.94. The van der Waals surface area contributed by atoms with E-state index in [1.165, 1.54) is 16.0 Å². The Kier molecular flexibility index (Phi) is 5.07. The molecule has 4 heteroatoms. The van der Waals surface area contributed by atoms with Crippen molar-refractivity contribution in [2.45, 2.75) is 25.9 Å². The highest BCUT2D eigenvalue weighted by Gasteiger charge is 2.30. The minimum atomic E-state index is -0.0386. The first kappa shape index (κ1) is 17.6. The van der Waals surface area contributed by atoms with Crippen LogP contribution in [0.4, 0.5) is 0 Å². The summed E-state index contributed by atoms with van der Waals surface area (Å²) in [5, 5.41) is 3.11. The SMILES string of the molecule is Cc1ccc(C(=O)NC[C@H](c2ccco2)[NH+]2CCc3ccccc3C2)cc1. The molecule has 3 aromatic rings. The van der Waals surface area contributed by atoms with Crippen molar-refractivity contribution >= 4 is 5.91 Å². The molecule has 1 unspecified atom stereocenters. The summed E-state index contributed by atoms with van der Waals surface area (Å²) >= 11 is 0. The van der Waals surface area contributed by atoms with Gasteiger partial charge in [0.1, 0.15) is 6.54 Å². The van der Waals surface area contributed by atoms with Crippen LogP contribution in [0.5, 0.6) is 0 Å². The second-order valence-corrected chi connectivity index (χ2v) is 7.25. The Morgan fingerprint density at radius 1 is 1.07 bits per heavy atom. The van der Waals surface area contributed by atoms with E-state index in [2.05, 4.69) is 29.6 Å². The Morgan fingerprint density at radius 3 is 2.59 bits per heavy atom. The van der Waals surface area contributed by atoms with Crippen molar-refractivity contribution in [2.75, 3.05) is 13.1 Å². The van der Waals surface area contributed by atoms with Gasteiger partial charge in [-0.3, -0.25) is 4.79 Å². The Labute approximate surface area is 159 Å². The van der Waals surface area contributed by atoms with Gasteiger partial charge in [0.25, 0.3) is 5.91 Å². The molecule has 138 valence electrons. The molecular formula is C23H25N2O2+. The smallest absolute Gasteiger partial charge is 0.251 e. The number of carbonyl (C=O) groups excluding carboxylic acids is 1. The van der Waals surface area contributed by atoms with Gasteiger partial charge in [-0.15, -0.1) is 0 Å². The Bertz CT molecular complexity index is 900. The minimum absolute atomic E-state index is 0.0386. The van der Waals surface area contributed by atoms with Crippen LogP contribution < -0.4 is 10.2 Å². The molecular weight excluding hydrogens is 336 g/mol. The minimum Gasteiger partial charge on any atom is -0.463 e. The molecule has 0 radical (unpaired) electrons. The molecule has 4 nitrogen and oxygen atoms in total. The van der Waals surface area contributed by atoms with Crippen LogP contribution in [-0.2, 0) is 13.0 Å². The fourth-order valence-electron chi connectivity index (χ4n) is 3.84. The molecule has 0 aliphatic carbocycles. The van der Waals surface area contributed by atoms with Gasteiger partial charge >= 0.3 is 0 Å². The third-order valence-electron chi connectivity index (χ3n) is 5.41. The Morgan fingerprint density at radius 2 is 1.85 bits per heavy atom. The van der Waals surface area contributed by atoms with Crippen LogP contribution >= 0.6 is 0 Å². The van der Waals surface area contributed by atoms with Gasteiger partial charge in [-0.1, -0.05) is 42.0 Å². The zero-order valence-corrected chi connectivity index (χ0v) is 15.6. The van der Waals surface area contributed by atoms with Gasteiger partial charge in [0.15, 0.2) is 11.8 Å². The van der Waals surface area contributed by atoms with Crippen molar-refractivity contribution in [1.82, 2.24) is 5.32 Å². The van der Waals surface area contributed by atoms with E-state index < -0.39 is 0 Å². The standard InChI is InChI=1S/C23H24N2O2/c1-17-8-10-19(11-9-17)23(26)24-15-21(22-7-4-14-27-22)25-13-12-18-5-2-3-6-20(18)16-25/h2-11,14,21H,12-13,15-16H2,1H3,(H,24,26)/p+1/t21-/m1/s1. The van der Waals surface area contributed by atoms with Crippen LogP contribution in [0.2, 0.25) is 0 Å². The van der Waals surface area contributed by atoms with Crippen molar-refractivity contribution in [2.24, 2.45) is 0 Å². The molecule has 0 saturated carbocycles. The molecule has 4 rings (SSSR count). The molecule has 2 heterocycles. The summed E-state index contributed by atoms with van der Waals surface area (Å²) < 4.78 is 5.72. The normalized spacial score (nSPS) is 17.1. The molecule has 0 bridgehead atoms. The number of carbonyl (C=O) groups is 1. The van der Waals surface area contributed by atoms with Crippen LogP contribution in [0.3, 0.4) is 0 Å². The number of aryl methyl sites for hydroxylation is 1. The van der Waals surface area contributed by atoms with Crippen molar-refractivity contribution in [3.63, 3.8) is 0 Å². The third kappa shape index (κ3) is 3.96. The average Bonchev–Trinajstić information content (AvgIpc) is 3.23. The lowest BCUT2D eigenvalue weighted by atomic mass is 9.98. The van der Waals surface area contributed by atoms with E-state index in [9.17, 15) is 4.79 Å². The maximum atomic E-state index is 12.6. The van der Waals surface area contributed by atoms with Gasteiger partial charge in [-0.2, -0.15) is 0 Å². The molecule has 2 aromatic carbocycles. The first-order valence-electron chi connectivity index (χ1n) is 9.50. The van der Waals surface area contributed by atoms with E-state index >= 15 is 0 Å². The fourth-order valence-corrected chi connectivity index (χ4v) is 3.84. The van der Waals surface area contributed by atoms with Crippen molar-refractivity contribution < 1.29 is 14.1 Å². The number of furan rings is 1. The molecule has 2 atom stereocenters. The quantitative estimate of drug-likeness (QED) is 0.734. The summed E-state index contributed by atoms with van der Waals surface area (Å²) in [6.07, 6.45) is 2.76. The number of quaternary nitrogens is 1. The van der Waals surface area contributed by atoms with Gasteiger partial charge in [-0.25, -0.2) is 0 Å². The first-order chi connectivity index (χ1) is 13.2. The number of hydrogen-bond donors (Lipinski definition) is 2. The second kappa shape index (κ2) is 7.80. The van der Waals surface area contributed by atoms with E-state index in [1.807, 2.05) is 43.3 Å². The highest BCUT2D eigenvalue weighted by atomic mass is 16.3. The van der Waals surface area contributed by atoms with E-state index in [0.717, 1.165) is 30.8 Å². The zero-order chi connectivity index (χ0) is 18.6. The van der Waals surface area contributed by atoms with Crippen molar-refractivity contribution in [3.05, 3.63) is 94.9 Å². The second-order valence-electron chi connectivity index (χ2n) is 7.25. The van der Waals surface area contributed by atoms with Gasteiger partial charge in [0, 0.05) is 17.5 Å². The molecule has 1 aliphatic heterocycles. The summed E-state index contributed by atoms with van der Waals surface area (Å²) in [5.41, 5.74) is 4.66. The summed E-state index contributed by atoms with van der Waals surface area (Å²) in [5.74, 6) is 0.886. The van der Waals surface area contributed by atoms with Crippen LogP contribution in [-0.4, -0.2) is 19.0 Å². The lowest BCUT2D eigenvalue weighted by molar-refractivity contribution is -0.946. The van der Waals surface area contributed by atoms with Crippen molar-refractivity contribution in [3.8, 4) is 0 Å². The van der Waals surface area contributed by atoms with Crippen LogP contribution in [0.1, 0.15) is 38.9 Å². The summed E-state index contributed by atoms with van der Waals surface area (Å²) in [6.45, 7) is 4.55. The van der Waals surface area contributed by atoms with Gasteiger partial charge in [0.05, 0.1) is 19.4 Å². The van der Waals surface area contributed by atoms with Crippen LogP contribution in [0.25, 0.3) is 0 Å². The molecule has 0 spiro atoms. The molecule has 1 aliphatic rings. The third-order valence-corrected chi connectivity index (χ3v) is 5.41. The topological polar surface area (TPSA) is 46.7 Å². The molecule has 2 N–H and O–H groups in total. The predicted molar refractivity (Wildman–Crippen MR) is 105 cm³/mol. The van der Waals surface area contributed by atoms with E-state index in [1.54, 1.807) is 6.26 Å². The summed E-state index contributed by atoms with van der Waals surface area (Å²) in [7, 11) is 0. The maximum Gasteiger partial charge on any atom is 0.251 e. The van der Waals surface area contributed by atoms with Gasteiger partial charge in [0.2, 0.25) is 0 Å². The Hall–Kier alpha value is -2.85. The molecule has 1 aromatic heterocycles. The average molecular weight is 361 g/mol. The summed E-state index contributed by atoms with van der Waals surface area (Å²) in [6, 6.07) is 20.3. The molecule has 27 heavy (non-hydrogen) atoms.